The number of benzene rings is 1. The SMILES string of the molecule is CCC(=O)OC(CC(=O)OC)Nc1ccc(OC)cc1. The number of carbonyl (C=O) groups is 2. The number of hydrogen-bond donors (Lipinski definition) is 1. The van der Waals surface area contributed by atoms with Crippen LogP contribution in [0.2, 0.25) is 0 Å². The van der Waals surface area contributed by atoms with Crippen molar-refractivity contribution in [3.05, 3.63) is 24.3 Å². The van der Waals surface area contributed by atoms with E-state index < -0.39 is 12.2 Å². The summed E-state index contributed by atoms with van der Waals surface area (Å²) in [5.74, 6) is -0.134. The van der Waals surface area contributed by atoms with Crippen LogP contribution >= 0.6 is 0 Å². The predicted octanol–water partition coefficient (Wildman–Crippen LogP) is 1.95. The lowest BCUT2D eigenvalue weighted by atomic mass is 10.3. The van der Waals surface area contributed by atoms with Crippen molar-refractivity contribution in [1.82, 2.24) is 0 Å². The molecule has 1 aromatic carbocycles. The summed E-state index contributed by atoms with van der Waals surface area (Å²) in [5.41, 5.74) is 0.712. The van der Waals surface area contributed by atoms with Crippen molar-refractivity contribution in [2.24, 2.45) is 0 Å². The molecule has 6 nitrogen and oxygen atoms in total. The van der Waals surface area contributed by atoms with E-state index in [0.717, 1.165) is 0 Å². The number of methoxy groups -OCH3 is 2. The quantitative estimate of drug-likeness (QED) is 0.608. The zero-order valence-electron chi connectivity index (χ0n) is 11.8. The number of carbonyl (C=O) groups excluding carboxylic acids is 2. The molecule has 0 aliphatic carbocycles. The summed E-state index contributed by atoms with van der Waals surface area (Å²) >= 11 is 0. The van der Waals surface area contributed by atoms with Gasteiger partial charge in [0.05, 0.1) is 14.2 Å². The first-order chi connectivity index (χ1) is 9.58. The van der Waals surface area contributed by atoms with Crippen molar-refractivity contribution in [3.63, 3.8) is 0 Å². The Morgan fingerprint density at radius 2 is 1.80 bits per heavy atom. The highest BCUT2D eigenvalue weighted by Crippen LogP contribution is 2.17. The summed E-state index contributed by atoms with van der Waals surface area (Å²) in [4.78, 5) is 22.7. The summed E-state index contributed by atoms with van der Waals surface area (Å²) in [5, 5.41) is 2.96. The molecular weight excluding hydrogens is 262 g/mol. The Morgan fingerprint density at radius 1 is 1.15 bits per heavy atom. The number of nitrogens with one attached hydrogen (secondary N) is 1. The average molecular weight is 281 g/mol. The molecule has 0 amide bonds. The third kappa shape index (κ3) is 5.17. The monoisotopic (exact) mass is 281 g/mol. The van der Waals surface area contributed by atoms with Crippen LogP contribution in [0.15, 0.2) is 24.3 Å². The zero-order chi connectivity index (χ0) is 15.0. The minimum atomic E-state index is -0.761. The molecule has 0 aliphatic rings. The fourth-order valence-electron chi connectivity index (χ4n) is 1.47. The molecule has 0 heterocycles. The van der Waals surface area contributed by atoms with Crippen molar-refractivity contribution in [1.29, 1.82) is 0 Å². The van der Waals surface area contributed by atoms with Crippen LogP contribution in [0.1, 0.15) is 19.8 Å². The fraction of sp³-hybridized carbons (Fsp3) is 0.429. The van der Waals surface area contributed by atoms with Crippen molar-refractivity contribution >= 4 is 17.6 Å². The molecule has 6 heteroatoms. The molecule has 0 bridgehead atoms. The molecule has 0 spiro atoms. The number of esters is 2. The molecule has 20 heavy (non-hydrogen) atoms. The van der Waals surface area contributed by atoms with Crippen LogP contribution < -0.4 is 10.1 Å². The standard InChI is InChI=1S/C14H19NO5/c1-4-13(16)20-12(9-14(17)19-3)15-10-5-7-11(18-2)8-6-10/h5-8,12,15H,4,9H2,1-3H3. The molecule has 1 unspecified atom stereocenters. The molecule has 110 valence electrons. The molecule has 1 atom stereocenters. The average Bonchev–Trinajstić information content (AvgIpc) is 2.47. The van der Waals surface area contributed by atoms with Gasteiger partial charge in [-0.2, -0.15) is 0 Å². The normalized spacial score (nSPS) is 11.3. The third-order valence-corrected chi connectivity index (χ3v) is 2.56. The minimum Gasteiger partial charge on any atom is -0.497 e. The van der Waals surface area contributed by atoms with Crippen LogP contribution in [0.5, 0.6) is 5.75 Å². The second-order valence-corrected chi connectivity index (χ2v) is 3.99. The Labute approximate surface area is 118 Å². The number of ether oxygens (including phenoxy) is 3. The number of hydrogen-bond acceptors (Lipinski definition) is 6. The van der Waals surface area contributed by atoms with Gasteiger partial charge in [-0.3, -0.25) is 9.59 Å². The van der Waals surface area contributed by atoms with E-state index in [9.17, 15) is 9.59 Å². The highest BCUT2D eigenvalue weighted by Gasteiger charge is 2.18. The summed E-state index contributed by atoms with van der Waals surface area (Å²) in [6, 6.07) is 7.06. The van der Waals surface area contributed by atoms with Crippen molar-refractivity contribution in [3.8, 4) is 5.75 Å². The molecule has 1 aromatic rings. The molecule has 0 radical (unpaired) electrons. The fourth-order valence-corrected chi connectivity index (χ4v) is 1.47. The minimum absolute atomic E-state index is 0.0612. The molecular formula is C14H19NO5. The lowest BCUT2D eigenvalue weighted by Gasteiger charge is -2.19. The lowest BCUT2D eigenvalue weighted by Crippen LogP contribution is -2.29. The zero-order valence-corrected chi connectivity index (χ0v) is 11.8. The van der Waals surface area contributed by atoms with Gasteiger partial charge in [0.25, 0.3) is 0 Å². The maximum atomic E-state index is 11.3. The molecule has 0 aromatic heterocycles. The van der Waals surface area contributed by atoms with Crippen LogP contribution in [0, 0.1) is 0 Å². The van der Waals surface area contributed by atoms with Crippen LogP contribution in [-0.2, 0) is 19.1 Å². The third-order valence-electron chi connectivity index (χ3n) is 2.56. The van der Waals surface area contributed by atoms with Gasteiger partial charge in [0.15, 0.2) is 6.23 Å². The molecule has 0 saturated heterocycles. The van der Waals surface area contributed by atoms with E-state index in [2.05, 4.69) is 10.1 Å². The Hall–Kier alpha value is -2.24. The Balaban J connectivity index is 2.70. The van der Waals surface area contributed by atoms with Crippen LogP contribution in [-0.4, -0.2) is 32.4 Å². The number of anilines is 1. The van der Waals surface area contributed by atoms with Crippen LogP contribution in [0.3, 0.4) is 0 Å². The molecule has 0 aliphatic heterocycles. The highest BCUT2D eigenvalue weighted by atomic mass is 16.6. The van der Waals surface area contributed by atoms with Gasteiger partial charge in [-0.1, -0.05) is 6.92 Å². The van der Waals surface area contributed by atoms with Gasteiger partial charge in [0, 0.05) is 12.1 Å². The largest absolute Gasteiger partial charge is 0.497 e. The molecule has 1 N–H and O–H groups in total. The van der Waals surface area contributed by atoms with Crippen LogP contribution in [0.25, 0.3) is 0 Å². The molecule has 1 rings (SSSR count). The lowest BCUT2D eigenvalue weighted by molar-refractivity contribution is -0.152. The first kappa shape index (κ1) is 15.8. The van der Waals surface area contributed by atoms with Crippen molar-refractivity contribution in [2.75, 3.05) is 19.5 Å². The van der Waals surface area contributed by atoms with Gasteiger partial charge < -0.3 is 19.5 Å². The van der Waals surface area contributed by atoms with E-state index in [1.807, 2.05) is 0 Å². The van der Waals surface area contributed by atoms with Crippen molar-refractivity contribution in [2.45, 2.75) is 26.0 Å². The Bertz CT molecular complexity index is 425. The summed E-state index contributed by atoms with van der Waals surface area (Å²) in [6.07, 6.45) is -0.584. The van der Waals surface area contributed by atoms with Gasteiger partial charge in [-0.05, 0) is 24.3 Å². The van der Waals surface area contributed by atoms with Gasteiger partial charge in [-0.15, -0.1) is 0 Å². The van der Waals surface area contributed by atoms with Gasteiger partial charge >= 0.3 is 11.9 Å². The molecule has 0 saturated carbocycles. The van der Waals surface area contributed by atoms with Gasteiger partial charge in [0.1, 0.15) is 12.2 Å². The van der Waals surface area contributed by atoms with E-state index >= 15 is 0 Å². The summed E-state index contributed by atoms with van der Waals surface area (Å²) < 4.78 is 14.8. The summed E-state index contributed by atoms with van der Waals surface area (Å²) in [6.45, 7) is 1.69. The van der Waals surface area contributed by atoms with Crippen LogP contribution in [0.4, 0.5) is 5.69 Å². The van der Waals surface area contributed by atoms with E-state index in [1.165, 1.54) is 7.11 Å². The Morgan fingerprint density at radius 3 is 2.30 bits per heavy atom. The van der Waals surface area contributed by atoms with Gasteiger partial charge in [0.2, 0.25) is 0 Å². The topological polar surface area (TPSA) is 73.9 Å². The first-order valence-electron chi connectivity index (χ1n) is 6.26. The second-order valence-electron chi connectivity index (χ2n) is 3.99. The second kappa shape index (κ2) is 8.04. The maximum absolute atomic E-state index is 11.3. The predicted molar refractivity (Wildman–Crippen MR) is 73.4 cm³/mol. The molecule has 0 fully saturated rings. The van der Waals surface area contributed by atoms with Gasteiger partial charge in [-0.25, -0.2) is 0 Å². The van der Waals surface area contributed by atoms with E-state index in [1.54, 1.807) is 38.3 Å². The maximum Gasteiger partial charge on any atom is 0.311 e. The smallest absolute Gasteiger partial charge is 0.311 e. The highest BCUT2D eigenvalue weighted by molar-refractivity contribution is 5.73. The Kier molecular flexibility index (Phi) is 6.36. The number of rotatable bonds is 7. The van der Waals surface area contributed by atoms with E-state index in [-0.39, 0.29) is 18.8 Å². The first-order valence-corrected chi connectivity index (χ1v) is 6.26. The summed E-state index contributed by atoms with van der Waals surface area (Å²) in [7, 11) is 2.86. The van der Waals surface area contributed by atoms with E-state index in [4.69, 9.17) is 9.47 Å². The van der Waals surface area contributed by atoms with E-state index in [0.29, 0.717) is 11.4 Å². The van der Waals surface area contributed by atoms with Crippen molar-refractivity contribution < 1.29 is 23.8 Å².